The van der Waals surface area contributed by atoms with Crippen LogP contribution in [0.1, 0.15) is 25.7 Å². The van der Waals surface area contributed by atoms with E-state index in [0.29, 0.717) is 10.6 Å². The number of nitro benzene ring substituents is 1. The molecule has 0 fully saturated rings. The summed E-state index contributed by atoms with van der Waals surface area (Å²) in [5, 5.41) is 13.8. The molecule has 1 aromatic heterocycles. The Morgan fingerprint density at radius 3 is 2.60 bits per heavy atom. The van der Waals surface area contributed by atoms with Gasteiger partial charge < -0.3 is 9.64 Å². The summed E-state index contributed by atoms with van der Waals surface area (Å²) in [4.78, 5) is 40.7. The molecule has 2 aromatic rings. The Kier molecular flexibility index (Phi) is 5.32. The third-order valence-electron chi connectivity index (χ3n) is 3.26. The first kappa shape index (κ1) is 18.3. The minimum Gasteiger partial charge on any atom is -0.490 e. The number of carbonyl (C=O) groups is 2. The molecule has 1 N–H and O–H groups in total. The molecule has 10 heteroatoms. The van der Waals surface area contributed by atoms with E-state index in [1.165, 1.54) is 24.1 Å². The Hall–Kier alpha value is -3.01. The minimum atomic E-state index is -0.628. The summed E-state index contributed by atoms with van der Waals surface area (Å²) in [6, 6.07) is 3.88. The fourth-order valence-corrected chi connectivity index (χ4v) is 2.98. The number of nitrogens with zero attached hydrogens (tertiary/aromatic N) is 3. The number of nitrogens with one attached hydrogen (secondary N) is 1. The molecule has 0 aliphatic heterocycles. The van der Waals surface area contributed by atoms with E-state index in [-0.39, 0.29) is 28.0 Å². The lowest BCUT2D eigenvalue weighted by atomic mass is 10.2. The quantitative estimate of drug-likeness (QED) is 0.643. The van der Waals surface area contributed by atoms with Gasteiger partial charge in [0.25, 0.3) is 11.8 Å². The monoisotopic (exact) mass is 364 g/mol. The van der Waals surface area contributed by atoms with Gasteiger partial charge >= 0.3 is 5.69 Å². The van der Waals surface area contributed by atoms with Gasteiger partial charge in [-0.05, 0) is 19.1 Å². The second-order valence-electron chi connectivity index (χ2n) is 5.23. The summed E-state index contributed by atoms with van der Waals surface area (Å²) >= 11 is 1.04. The molecule has 0 unspecified atom stereocenters. The molecule has 0 aliphatic carbocycles. The van der Waals surface area contributed by atoms with Crippen LogP contribution in [0.25, 0.3) is 0 Å². The predicted molar refractivity (Wildman–Crippen MR) is 92.5 cm³/mol. The van der Waals surface area contributed by atoms with E-state index in [9.17, 15) is 19.7 Å². The lowest BCUT2D eigenvalue weighted by Gasteiger charge is -2.07. The molecule has 2 amide bonds. The van der Waals surface area contributed by atoms with Gasteiger partial charge in [0.05, 0.1) is 17.7 Å². The van der Waals surface area contributed by atoms with Gasteiger partial charge in [-0.1, -0.05) is 11.3 Å². The van der Waals surface area contributed by atoms with Crippen molar-refractivity contribution in [3.05, 3.63) is 44.4 Å². The average Bonchev–Trinajstić information content (AvgIpc) is 2.93. The van der Waals surface area contributed by atoms with Crippen LogP contribution in [0, 0.1) is 17.0 Å². The van der Waals surface area contributed by atoms with Crippen molar-refractivity contribution in [3.8, 4) is 5.75 Å². The van der Waals surface area contributed by atoms with Crippen LogP contribution < -0.4 is 10.1 Å². The molecule has 0 atom stereocenters. The number of amides is 2. The lowest BCUT2D eigenvalue weighted by molar-refractivity contribution is -0.385. The summed E-state index contributed by atoms with van der Waals surface area (Å²) in [6.45, 7) is 1.67. The Morgan fingerprint density at radius 2 is 2.04 bits per heavy atom. The van der Waals surface area contributed by atoms with Crippen LogP contribution in [0.5, 0.6) is 5.75 Å². The van der Waals surface area contributed by atoms with Gasteiger partial charge in [0.15, 0.2) is 10.9 Å². The number of benzene rings is 1. The number of aromatic nitrogens is 1. The number of carbonyl (C=O) groups excluding carboxylic acids is 2. The van der Waals surface area contributed by atoms with Crippen LogP contribution >= 0.6 is 11.3 Å². The number of thiazole rings is 1. The van der Waals surface area contributed by atoms with Gasteiger partial charge in [0, 0.05) is 25.7 Å². The van der Waals surface area contributed by atoms with Gasteiger partial charge in [-0.15, -0.1) is 0 Å². The lowest BCUT2D eigenvalue weighted by Crippen LogP contribution is -2.21. The van der Waals surface area contributed by atoms with Gasteiger partial charge in [-0.2, -0.15) is 0 Å². The first-order valence-corrected chi connectivity index (χ1v) is 7.89. The Morgan fingerprint density at radius 1 is 1.36 bits per heavy atom. The highest BCUT2D eigenvalue weighted by Crippen LogP contribution is 2.28. The Bertz CT molecular complexity index is 846. The summed E-state index contributed by atoms with van der Waals surface area (Å²) in [7, 11) is 4.55. The zero-order valence-corrected chi connectivity index (χ0v) is 14.8. The van der Waals surface area contributed by atoms with E-state index in [4.69, 9.17) is 4.74 Å². The molecule has 0 radical (unpaired) electrons. The van der Waals surface area contributed by atoms with Crippen molar-refractivity contribution in [2.24, 2.45) is 0 Å². The van der Waals surface area contributed by atoms with Crippen molar-refractivity contribution in [1.29, 1.82) is 0 Å². The number of hydrogen-bond donors (Lipinski definition) is 1. The highest BCUT2D eigenvalue weighted by atomic mass is 32.1. The molecule has 0 saturated carbocycles. The zero-order valence-electron chi connectivity index (χ0n) is 14.0. The summed E-state index contributed by atoms with van der Waals surface area (Å²) in [5.41, 5.74) is 0.273. The fraction of sp³-hybridized carbons (Fsp3) is 0.267. The zero-order chi connectivity index (χ0) is 18.7. The highest BCUT2D eigenvalue weighted by Gasteiger charge is 2.21. The second-order valence-corrected chi connectivity index (χ2v) is 6.23. The van der Waals surface area contributed by atoms with Gasteiger partial charge in [0.2, 0.25) is 0 Å². The SMILES string of the molecule is COc1ccc(C(=O)Nc2nc(C)c(C(=O)N(C)C)s2)cc1[N+](=O)[O-]. The van der Waals surface area contributed by atoms with Crippen molar-refractivity contribution in [1.82, 2.24) is 9.88 Å². The van der Waals surface area contributed by atoms with E-state index in [0.717, 1.165) is 17.4 Å². The van der Waals surface area contributed by atoms with Crippen LogP contribution in [0.4, 0.5) is 10.8 Å². The summed E-state index contributed by atoms with van der Waals surface area (Å²) in [5.74, 6) is -0.718. The van der Waals surface area contributed by atoms with Gasteiger partial charge in [-0.25, -0.2) is 4.98 Å². The van der Waals surface area contributed by atoms with E-state index < -0.39 is 10.8 Å². The van der Waals surface area contributed by atoms with Crippen molar-refractivity contribution in [2.75, 3.05) is 26.5 Å². The molecule has 1 aromatic carbocycles. The number of anilines is 1. The second kappa shape index (κ2) is 7.26. The molecule has 0 bridgehead atoms. The maximum atomic E-state index is 12.3. The van der Waals surface area contributed by atoms with Gasteiger partial charge in [0.1, 0.15) is 4.88 Å². The molecular formula is C15H16N4O5S. The molecular weight excluding hydrogens is 348 g/mol. The van der Waals surface area contributed by atoms with Crippen LogP contribution in [-0.4, -0.2) is 47.8 Å². The predicted octanol–water partition coefficient (Wildman–Crippen LogP) is 2.32. The minimum absolute atomic E-state index is 0.0607. The molecule has 0 saturated heterocycles. The molecule has 0 aliphatic rings. The van der Waals surface area contributed by atoms with Crippen molar-refractivity contribution < 1.29 is 19.2 Å². The number of methoxy groups -OCH3 is 1. The fourth-order valence-electron chi connectivity index (χ4n) is 1.99. The topological polar surface area (TPSA) is 115 Å². The Balaban J connectivity index is 2.26. The van der Waals surface area contributed by atoms with E-state index in [1.54, 1.807) is 21.0 Å². The third-order valence-corrected chi connectivity index (χ3v) is 4.32. The number of hydrogen-bond acceptors (Lipinski definition) is 7. The van der Waals surface area contributed by atoms with Gasteiger partial charge in [-0.3, -0.25) is 25.0 Å². The molecule has 1 heterocycles. The third kappa shape index (κ3) is 3.91. The summed E-state index contributed by atoms with van der Waals surface area (Å²) in [6.07, 6.45) is 0. The van der Waals surface area contributed by atoms with E-state index >= 15 is 0 Å². The van der Waals surface area contributed by atoms with E-state index in [2.05, 4.69) is 10.3 Å². The Labute approximate surface area is 147 Å². The largest absolute Gasteiger partial charge is 0.490 e. The molecule has 132 valence electrons. The van der Waals surface area contributed by atoms with Crippen molar-refractivity contribution in [2.45, 2.75) is 6.92 Å². The van der Waals surface area contributed by atoms with Crippen LogP contribution in [0.15, 0.2) is 18.2 Å². The van der Waals surface area contributed by atoms with Crippen LogP contribution in [-0.2, 0) is 0 Å². The maximum Gasteiger partial charge on any atom is 0.311 e. The molecule has 0 spiro atoms. The molecule has 2 rings (SSSR count). The van der Waals surface area contributed by atoms with E-state index in [1.807, 2.05) is 0 Å². The first-order chi connectivity index (χ1) is 11.7. The number of nitro groups is 1. The summed E-state index contributed by atoms with van der Waals surface area (Å²) < 4.78 is 4.90. The smallest absolute Gasteiger partial charge is 0.311 e. The van der Waals surface area contributed by atoms with Crippen molar-refractivity contribution in [3.63, 3.8) is 0 Å². The number of aryl methyl sites for hydroxylation is 1. The van der Waals surface area contributed by atoms with Crippen LogP contribution in [0.2, 0.25) is 0 Å². The maximum absolute atomic E-state index is 12.3. The normalized spacial score (nSPS) is 10.2. The standard InChI is InChI=1S/C15H16N4O5S/c1-8-12(14(21)18(2)3)25-15(16-8)17-13(20)9-5-6-11(24-4)10(7-9)19(22)23/h5-7H,1-4H3,(H,16,17,20). The number of rotatable bonds is 5. The van der Waals surface area contributed by atoms with Crippen molar-refractivity contribution >= 4 is 34.0 Å². The van der Waals surface area contributed by atoms with Crippen LogP contribution in [0.3, 0.4) is 0 Å². The highest BCUT2D eigenvalue weighted by molar-refractivity contribution is 7.17. The number of ether oxygens (including phenoxy) is 1. The molecule has 25 heavy (non-hydrogen) atoms. The average molecular weight is 364 g/mol. The molecule has 9 nitrogen and oxygen atoms in total. The first-order valence-electron chi connectivity index (χ1n) is 7.07.